The van der Waals surface area contributed by atoms with Crippen molar-refractivity contribution < 1.29 is 4.79 Å². The van der Waals surface area contributed by atoms with E-state index in [1.165, 1.54) is 18.0 Å². The summed E-state index contributed by atoms with van der Waals surface area (Å²) in [4.78, 5) is 11.7. The summed E-state index contributed by atoms with van der Waals surface area (Å²) in [5, 5.41) is 3.53. The third-order valence-electron chi connectivity index (χ3n) is 1.05. The van der Waals surface area contributed by atoms with Gasteiger partial charge in [0.2, 0.25) is 0 Å². The van der Waals surface area contributed by atoms with Crippen LogP contribution in [0.4, 0.5) is 0 Å². The van der Waals surface area contributed by atoms with E-state index in [2.05, 4.69) is 20.4 Å². The van der Waals surface area contributed by atoms with Crippen LogP contribution in [-0.4, -0.2) is 26.1 Å². The normalized spacial score (nSPS) is 9.31. The SMILES string of the molecule is CSC(=S)NNC(=O)c1cnns1. The van der Waals surface area contributed by atoms with Crippen LogP contribution in [0.3, 0.4) is 0 Å². The van der Waals surface area contributed by atoms with Gasteiger partial charge in [0.25, 0.3) is 5.91 Å². The van der Waals surface area contributed by atoms with Gasteiger partial charge in [-0.1, -0.05) is 28.5 Å². The van der Waals surface area contributed by atoms with E-state index < -0.39 is 0 Å². The maximum absolute atomic E-state index is 11.2. The van der Waals surface area contributed by atoms with Crippen molar-refractivity contribution in [2.45, 2.75) is 0 Å². The lowest BCUT2D eigenvalue weighted by molar-refractivity contribution is 0.0948. The van der Waals surface area contributed by atoms with Gasteiger partial charge >= 0.3 is 0 Å². The minimum atomic E-state index is -0.286. The first-order valence-electron chi connectivity index (χ1n) is 3.15. The lowest BCUT2D eigenvalue weighted by Gasteiger charge is -2.04. The van der Waals surface area contributed by atoms with Gasteiger partial charge in [-0.3, -0.25) is 15.6 Å². The molecule has 0 aromatic carbocycles. The molecule has 0 radical (unpaired) electrons. The number of amides is 1. The number of nitrogens with one attached hydrogen (secondary N) is 2. The third-order valence-corrected chi connectivity index (χ3v) is 2.79. The second-order valence-corrected chi connectivity index (χ2v) is 4.12. The topological polar surface area (TPSA) is 66.9 Å². The number of carbonyl (C=O) groups is 1. The summed E-state index contributed by atoms with van der Waals surface area (Å²) in [5.41, 5.74) is 4.98. The quantitative estimate of drug-likeness (QED) is 0.542. The molecule has 0 bridgehead atoms. The van der Waals surface area contributed by atoms with Gasteiger partial charge < -0.3 is 0 Å². The monoisotopic (exact) mass is 234 g/mol. The van der Waals surface area contributed by atoms with Crippen molar-refractivity contribution >= 4 is 45.7 Å². The molecule has 0 spiro atoms. The molecule has 5 nitrogen and oxygen atoms in total. The van der Waals surface area contributed by atoms with Crippen LogP contribution in [0.15, 0.2) is 6.20 Å². The molecule has 13 heavy (non-hydrogen) atoms. The van der Waals surface area contributed by atoms with E-state index in [0.29, 0.717) is 9.20 Å². The van der Waals surface area contributed by atoms with Gasteiger partial charge in [-0.05, 0) is 17.8 Å². The highest BCUT2D eigenvalue weighted by atomic mass is 32.2. The maximum atomic E-state index is 11.2. The fourth-order valence-electron chi connectivity index (χ4n) is 0.488. The standard InChI is InChI=1S/C5H6N4OS3/c1-12-5(11)8-7-4(10)3-2-6-9-13-3/h2H,1H3,(H,7,10)(H,8,11). The van der Waals surface area contributed by atoms with E-state index in [9.17, 15) is 4.79 Å². The van der Waals surface area contributed by atoms with Crippen molar-refractivity contribution in [2.24, 2.45) is 0 Å². The highest BCUT2D eigenvalue weighted by molar-refractivity contribution is 8.22. The minimum Gasteiger partial charge on any atom is -0.283 e. The number of rotatable bonds is 1. The Bertz CT molecular complexity index is 299. The summed E-state index contributed by atoms with van der Waals surface area (Å²) in [6.45, 7) is 0. The van der Waals surface area contributed by atoms with Crippen LogP contribution in [-0.2, 0) is 0 Å². The number of hydrazine groups is 1. The van der Waals surface area contributed by atoms with Crippen LogP contribution in [0.1, 0.15) is 9.67 Å². The van der Waals surface area contributed by atoms with Gasteiger partial charge in [-0.2, -0.15) is 0 Å². The Balaban J connectivity index is 2.39. The molecule has 0 saturated carbocycles. The van der Waals surface area contributed by atoms with Crippen molar-refractivity contribution in [3.63, 3.8) is 0 Å². The first-order valence-corrected chi connectivity index (χ1v) is 5.56. The van der Waals surface area contributed by atoms with E-state index in [0.717, 1.165) is 11.5 Å². The van der Waals surface area contributed by atoms with Gasteiger partial charge in [0, 0.05) is 0 Å². The predicted molar refractivity (Wildman–Crippen MR) is 56.6 cm³/mol. The fraction of sp³-hybridized carbons (Fsp3) is 0.200. The molecule has 70 valence electrons. The summed E-state index contributed by atoms with van der Waals surface area (Å²) in [7, 11) is 0. The highest BCUT2D eigenvalue weighted by Crippen LogP contribution is 2.00. The molecule has 0 aliphatic heterocycles. The zero-order chi connectivity index (χ0) is 9.68. The predicted octanol–water partition coefficient (Wildman–Crippen LogP) is 0.420. The Morgan fingerprint density at radius 3 is 3.00 bits per heavy atom. The van der Waals surface area contributed by atoms with E-state index in [1.807, 2.05) is 6.26 Å². The summed E-state index contributed by atoms with van der Waals surface area (Å²) >= 11 is 7.18. The van der Waals surface area contributed by atoms with Crippen molar-refractivity contribution in [1.29, 1.82) is 0 Å². The van der Waals surface area contributed by atoms with Crippen molar-refractivity contribution in [3.05, 3.63) is 11.1 Å². The number of hydrogen-bond acceptors (Lipinski definition) is 6. The molecule has 1 heterocycles. The summed E-state index contributed by atoms with van der Waals surface area (Å²) < 4.78 is 4.06. The van der Waals surface area contributed by atoms with Crippen LogP contribution in [0.25, 0.3) is 0 Å². The molecule has 8 heteroatoms. The average Bonchev–Trinajstić information content (AvgIpc) is 2.66. The fourth-order valence-corrected chi connectivity index (χ4v) is 1.10. The first-order chi connectivity index (χ1) is 6.24. The number of thiocarbonyl (C=S) groups is 1. The minimum absolute atomic E-state index is 0.286. The van der Waals surface area contributed by atoms with E-state index in [-0.39, 0.29) is 5.91 Å². The number of thioether (sulfide) groups is 1. The number of nitrogens with zero attached hydrogens (tertiary/aromatic N) is 2. The molecule has 1 amide bonds. The van der Waals surface area contributed by atoms with Crippen LogP contribution in [0.5, 0.6) is 0 Å². The molecule has 0 aliphatic carbocycles. The summed E-state index contributed by atoms with van der Waals surface area (Å²) in [6, 6.07) is 0. The summed E-state index contributed by atoms with van der Waals surface area (Å²) in [6.07, 6.45) is 3.21. The lowest BCUT2D eigenvalue weighted by Crippen LogP contribution is -2.39. The number of aromatic nitrogens is 2. The molecule has 0 atom stereocenters. The van der Waals surface area contributed by atoms with Gasteiger partial charge in [0.15, 0.2) is 4.32 Å². The molecule has 0 aliphatic rings. The van der Waals surface area contributed by atoms with E-state index in [1.54, 1.807) is 0 Å². The lowest BCUT2D eigenvalue weighted by atomic mass is 10.5. The zero-order valence-electron chi connectivity index (χ0n) is 6.60. The maximum Gasteiger partial charge on any atom is 0.283 e. The van der Waals surface area contributed by atoms with Crippen LogP contribution in [0, 0.1) is 0 Å². The van der Waals surface area contributed by atoms with Gasteiger partial charge in [0.1, 0.15) is 4.88 Å². The van der Waals surface area contributed by atoms with Crippen molar-refractivity contribution in [3.8, 4) is 0 Å². The average molecular weight is 234 g/mol. The summed E-state index contributed by atoms with van der Waals surface area (Å²) in [5.74, 6) is -0.286. The van der Waals surface area contributed by atoms with E-state index >= 15 is 0 Å². The molecule has 1 aromatic heterocycles. The van der Waals surface area contributed by atoms with Crippen LogP contribution >= 0.6 is 35.5 Å². The molecule has 0 saturated heterocycles. The Morgan fingerprint density at radius 2 is 2.46 bits per heavy atom. The Hall–Kier alpha value is -0.730. The van der Waals surface area contributed by atoms with Crippen molar-refractivity contribution in [2.75, 3.05) is 6.26 Å². The van der Waals surface area contributed by atoms with E-state index in [4.69, 9.17) is 12.2 Å². The van der Waals surface area contributed by atoms with Crippen molar-refractivity contribution in [1.82, 2.24) is 20.4 Å². The Labute approximate surface area is 88.4 Å². The molecular weight excluding hydrogens is 228 g/mol. The molecule has 0 unspecified atom stereocenters. The molecular formula is C5H6N4OS3. The van der Waals surface area contributed by atoms with Gasteiger partial charge in [0.05, 0.1) is 6.20 Å². The second-order valence-electron chi connectivity index (χ2n) is 1.85. The highest BCUT2D eigenvalue weighted by Gasteiger charge is 2.07. The smallest absolute Gasteiger partial charge is 0.283 e. The van der Waals surface area contributed by atoms with Crippen LogP contribution in [0.2, 0.25) is 0 Å². The largest absolute Gasteiger partial charge is 0.283 e. The third kappa shape index (κ3) is 3.25. The van der Waals surface area contributed by atoms with Crippen LogP contribution < -0.4 is 10.9 Å². The zero-order valence-corrected chi connectivity index (χ0v) is 9.05. The number of carbonyl (C=O) groups excluding carboxylic acids is 1. The Kier molecular flexibility index (Phi) is 4.06. The molecule has 1 rings (SSSR count). The first kappa shape index (κ1) is 10.4. The second kappa shape index (κ2) is 5.10. The molecule has 2 N–H and O–H groups in total. The van der Waals surface area contributed by atoms with Gasteiger partial charge in [-0.25, -0.2) is 0 Å². The molecule has 0 fully saturated rings. The number of hydrogen-bond donors (Lipinski definition) is 2. The van der Waals surface area contributed by atoms with Gasteiger partial charge in [-0.15, -0.1) is 5.10 Å². The Morgan fingerprint density at radius 1 is 1.69 bits per heavy atom. The molecule has 1 aromatic rings.